The molecule has 1 atom stereocenters. The molecule has 0 radical (unpaired) electrons. The summed E-state index contributed by atoms with van der Waals surface area (Å²) >= 11 is 0. The molecule has 2 aromatic rings. The maximum absolute atomic E-state index is 12.7. The van der Waals surface area contributed by atoms with Crippen molar-refractivity contribution in [1.82, 2.24) is 19.7 Å². The summed E-state index contributed by atoms with van der Waals surface area (Å²) < 4.78 is 1.43. The Labute approximate surface area is 135 Å². The summed E-state index contributed by atoms with van der Waals surface area (Å²) in [5.74, 6) is 0.679. The van der Waals surface area contributed by atoms with Gasteiger partial charge in [0.15, 0.2) is 0 Å². The molecular formula is C17H19N5O. The Kier molecular flexibility index (Phi) is 4.38. The largest absolute Gasteiger partial charge is 0.334 e. The molecule has 1 aromatic heterocycles. The van der Waals surface area contributed by atoms with Gasteiger partial charge >= 0.3 is 0 Å². The van der Waals surface area contributed by atoms with Gasteiger partial charge in [-0.3, -0.25) is 4.79 Å². The minimum atomic E-state index is 0.00245. The van der Waals surface area contributed by atoms with Crippen molar-refractivity contribution in [3.8, 4) is 6.07 Å². The third-order valence-corrected chi connectivity index (χ3v) is 4.25. The minimum Gasteiger partial charge on any atom is -0.334 e. The Morgan fingerprint density at radius 3 is 2.78 bits per heavy atom. The van der Waals surface area contributed by atoms with E-state index in [-0.39, 0.29) is 24.3 Å². The second-order valence-electron chi connectivity index (χ2n) is 5.96. The molecule has 1 heterocycles. The number of hydrogen-bond donors (Lipinski definition) is 0. The van der Waals surface area contributed by atoms with E-state index in [1.54, 1.807) is 0 Å². The van der Waals surface area contributed by atoms with Gasteiger partial charge in [-0.15, -0.1) is 5.10 Å². The van der Waals surface area contributed by atoms with Crippen molar-refractivity contribution in [1.29, 1.82) is 5.26 Å². The van der Waals surface area contributed by atoms with Crippen LogP contribution in [0.4, 0.5) is 0 Å². The van der Waals surface area contributed by atoms with Crippen molar-refractivity contribution in [3.05, 3.63) is 48.0 Å². The topological polar surface area (TPSA) is 74.8 Å². The number of amides is 1. The Morgan fingerprint density at radius 1 is 1.43 bits per heavy atom. The van der Waals surface area contributed by atoms with E-state index in [4.69, 9.17) is 5.26 Å². The van der Waals surface area contributed by atoms with Gasteiger partial charge in [0, 0.05) is 12.6 Å². The second-order valence-corrected chi connectivity index (χ2v) is 5.96. The number of carbonyl (C=O) groups is 1. The Hall–Kier alpha value is -2.68. The van der Waals surface area contributed by atoms with E-state index in [1.807, 2.05) is 41.3 Å². The fraction of sp³-hybridized carbons (Fsp3) is 0.412. The van der Waals surface area contributed by atoms with Gasteiger partial charge in [-0.05, 0) is 31.2 Å². The fourth-order valence-corrected chi connectivity index (χ4v) is 2.72. The standard InChI is InChI=1S/C17H19N5O/c1-13(15-7-8-15)22(10-14-5-3-2-4-6-14)17(23)11-21-12-19-16(9-18)20-21/h2-6,12-13,15H,7-8,10-11H2,1H3. The number of benzene rings is 1. The summed E-state index contributed by atoms with van der Waals surface area (Å²) in [7, 11) is 0. The molecule has 1 aliphatic carbocycles. The zero-order valence-electron chi connectivity index (χ0n) is 13.1. The van der Waals surface area contributed by atoms with Gasteiger partial charge in [0.1, 0.15) is 18.9 Å². The predicted octanol–water partition coefficient (Wildman–Crippen LogP) is 1.98. The van der Waals surface area contributed by atoms with Gasteiger partial charge < -0.3 is 4.90 Å². The molecule has 0 saturated heterocycles. The van der Waals surface area contributed by atoms with Gasteiger partial charge in [0.25, 0.3) is 5.82 Å². The van der Waals surface area contributed by atoms with Crippen molar-refractivity contribution >= 4 is 5.91 Å². The smallest absolute Gasteiger partial charge is 0.252 e. The lowest BCUT2D eigenvalue weighted by molar-refractivity contribution is -0.135. The van der Waals surface area contributed by atoms with E-state index >= 15 is 0 Å². The van der Waals surface area contributed by atoms with Gasteiger partial charge in [0.05, 0.1) is 0 Å². The first-order valence-corrected chi connectivity index (χ1v) is 7.80. The lowest BCUT2D eigenvalue weighted by Gasteiger charge is -2.29. The van der Waals surface area contributed by atoms with Gasteiger partial charge in [-0.2, -0.15) is 5.26 Å². The summed E-state index contributed by atoms with van der Waals surface area (Å²) in [6.07, 6.45) is 3.79. The molecular weight excluding hydrogens is 290 g/mol. The molecule has 0 spiro atoms. The van der Waals surface area contributed by atoms with E-state index in [9.17, 15) is 4.79 Å². The van der Waals surface area contributed by atoms with Gasteiger partial charge in [-0.1, -0.05) is 30.3 Å². The highest BCUT2D eigenvalue weighted by molar-refractivity contribution is 5.76. The molecule has 3 rings (SSSR count). The average molecular weight is 309 g/mol. The Morgan fingerprint density at radius 2 is 2.17 bits per heavy atom. The first-order chi connectivity index (χ1) is 11.2. The van der Waals surface area contributed by atoms with Crippen LogP contribution in [-0.4, -0.2) is 31.6 Å². The van der Waals surface area contributed by atoms with Crippen molar-refractivity contribution < 1.29 is 4.79 Å². The van der Waals surface area contributed by atoms with Crippen LogP contribution in [0, 0.1) is 17.2 Å². The number of hydrogen-bond acceptors (Lipinski definition) is 4. The van der Waals surface area contributed by atoms with Crippen LogP contribution in [0.15, 0.2) is 36.7 Å². The molecule has 6 heteroatoms. The van der Waals surface area contributed by atoms with Crippen molar-refractivity contribution in [2.45, 2.75) is 38.9 Å². The number of aromatic nitrogens is 3. The summed E-state index contributed by atoms with van der Waals surface area (Å²) in [5, 5.41) is 12.7. The summed E-state index contributed by atoms with van der Waals surface area (Å²) in [6.45, 7) is 2.82. The molecule has 1 aromatic carbocycles. The van der Waals surface area contributed by atoms with Crippen molar-refractivity contribution in [3.63, 3.8) is 0 Å². The number of nitrogens with zero attached hydrogens (tertiary/aromatic N) is 5. The van der Waals surface area contributed by atoms with E-state index in [0.29, 0.717) is 12.5 Å². The highest BCUT2D eigenvalue weighted by Crippen LogP contribution is 2.35. The van der Waals surface area contributed by atoms with Gasteiger partial charge in [-0.25, -0.2) is 9.67 Å². The van der Waals surface area contributed by atoms with Crippen molar-refractivity contribution in [2.24, 2.45) is 5.92 Å². The lowest BCUT2D eigenvalue weighted by atomic mass is 10.1. The van der Waals surface area contributed by atoms with E-state index in [2.05, 4.69) is 17.0 Å². The SMILES string of the molecule is CC(C1CC1)N(Cc1ccccc1)C(=O)Cn1cnc(C#N)n1. The Balaban J connectivity index is 1.74. The van der Waals surface area contributed by atoms with Crippen LogP contribution in [0.3, 0.4) is 0 Å². The number of nitriles is 1. The van der Waals surface area contributed by atoms with E-state index in [0.717, 1.165) is 5.56 Å². The quantitative estimate of drug-likeness (QED) is 0.817. The predicted molar refractivity (Wildman–Crippen MR) is 83.9 cm³/mol. The zero-order chi connectivity index (χ0) is 16.2. The second kappa shape index (κ2) is 6.61. The molecule has 1 saturated carbocycles. The van der Waals surface area contributed by atoms with Crippen LogP contribution in [0.5, 0.6) is 0 Å². The number of carbonyl (C=O) groups excluding carboxylic acids is 1. The maximum Gasteiger partial charge on any atom is 0.252 e. The van der Waals surface area contributed by atoms with E-state index in [1.165, 1.54) is 23.9 Å². The van der Waals surface area contributed by atoms with Crippen LogP contribution in [-0.2, 0) is 17.9 Å². The van der Waals surface area contributed by atoms with Crippen LogP contribution < -0.4 is 0 Å². The molecule has 0 N–H and O–H groups in total. The summed E-state index contributed by atoms with van der Waals surface area (Å²) in [6, 6.07) is 12.1. The fourth-order valence-electron chi connectivity index (χ4n) is 2.72. The minimum absolute atomic E-state index is 0.00245. The molecule has 1 aliphatic rings. The summed E-state index contributed by atoms with van der Waals surface area (Å²) in [4.78, 5) is 18.5. The lowest BCUT2D eigenvalue weighted by Crippen LogP contribution is -2.41. The molecule has 1 unspecified atom stereocenters. The normalized spacial score (nSPS) is 15.0. The molecule has 1 amide bonds. The third-order valence-electron chi connectivity index (χ3n) is 4.25. The Bertz CT molecular complexity index is 714. The highest BCUT2D eigenvalue weighted by atomic mass is 16.2. The number of rotatable bonds is 6. The molecule has 23 heavy (non-hydrogen) atoms. The van der Waals surface area contributed by atoms with Crippen LogP contribution in [0.25, 0.3) is 0 Å². The first-order valence-electron chi connectivity index (χ1n) is 7.80. The van der Waals surface area contributed by atoms with Crippen LogP contribution in [0.2, 0.25) is 0 Å². The average Bonchev–Trinajstić information content (AvgIpc) is 3.33. The maximum atomic E-state index is 12.7. The first kappa shape index (κ1) is 15.2. The molecule has 118 valence electrons. The van der Waals surface area contributed by atoms with Crippen LogP contribution in [0.1, 0.15) is 31.2 Å². The molecule has 0 aliphatic heterocycles. The zero-order valence-corrected chi connectivity index (χ0v) is 13.1. The molecule has 6 nitrogen and oxygen atoms in total. The highest BCUT2D eigenvalue weighted by Gasteiger charge is 2.34. The molecule has 1 fully saturated rings. The monoisotopic (exact) mass is 309 g/mol. The third kappa shape index (κ3) is 3.75. The van der Waals surface area contributed by atoms with Crippen molar-refractivity contribution in [2.75, 3.05) is 0 Å². The van der Waals surface area contributed by atoms with E-state index < -0.39 is 0 Å². The van der Waals surface area contributed by atoms with Crippen LogP contribution >= 0.6 is 0 Å². The van der Waals surface area contributed by atoms with Gasteiger partial charge in [0.2, 0.25) is 5.91 Å². The summed E-state index contributed by atoms with van der Waals surface area (Å²) in [5.41, 5.74) is 1.12. The molecule has 0 bridgehead atoms.